The van der Waals surface area contributed by atoms with Crippen molar-refractivity contribution in [2.45, 2.75) is 32.0 Å². The minimum absolute atomic E-state index is 0.167. The van der Waals surface area contributed by atoms with Crippen LogP contribution in [0.3, 0.4) is 0 Å². The molecule has 1 saturated carbocycles. The minimum Gasteiger partial charge on any atom is -0.478 e. The van der Waals surface area contributed by atoms with E-state index in [0.29, 0.717) is 6.54 Å². The number of carboxylic acids is 1. The van der Waals surface area contributed by atoms with Crippen LogP contribution in [0.25, 0.3) is 6.08 Å². The van der Waals surface area contributed by atoms with E-state index in [1.165, 1.54) is 12.1 Å². The van der Waals surface area contributed by atoms with E-state index in [-0.39, 0.29) is 17.3 Å². The van der Waals surface area contributed by atoms with E-state index in [4.69, 9.17) is 5.11 Å². The monoisotopic (exact) mass is 299 g/mol. The van der Waals surface area contributed by atoms with Crippen molar-refractivity contribution in [2.24, 2.45) is 0 Å². The van der Waals surface area contributed by atoms with Crippen LogP contribution in [-0.4, -0.2) is 23.7 Å². The predicted octanol–water partition coefficient (Wildman–Crippen LogP) is 3.79. The normalized spacial score (nSPS) is 15.4. The van der Waals surface area contributed by atoms with Gasteiger partial charge in [0.25, 0.3) is 0 Å². The summed E-state index contributed by atoms with van der Waals surface area (Å²) in [6.07, 6.45) is -0.662. The first-order chi connectivity index (χ1) is 9.82. The molecule has 0 amide bonds. The second-order valence-corrected chi connectivity index (χ2v) is 4.96. The number of carboxylic acid groups (broad SMARTS) is 1. The van der Waals surface area contributed by atoms with E-state index in [2.05, 4.69) is 0 Å². The number of hydrogen-bond donors (Lipinski definition) is 1. The van der Waals surface area contributed by atoms with Crippen LogP contribution in [-0.2, 0) is 11.0 Å². The number of nitrogens with zero attached hydrogens (tertiary/aromatic N) is 1. The van der Waals surface area contributed by atoms with Crippen LogP contribution in [0.5, 0.6) is 0 Å². The van der Waals surface area contributed by atoms with Gasteiger partial charge in [-0.1, -0.05) is 6.07 Å². The van der Waals surface area contributed by atoms with Crippen LogP contribution in [0, 0.1) is 0 Å². The molecule has 114 valence electrons. The molecule has 1 fully saturated rings. The summed E-state index contributed by atoms with van der Waals surface area (Å²) in [5.41, 5.74) is -0.330. The van der Waals surface area contributed by atoms with Crippen molar-refractivity contribution in [3.8, 4) is 0 Å². The van der Waals surface area contributed by atoms with Crippen LogP contribution < -0.4 is 4.90 Å². The van der Waals surface area contributed by atoms with Crippen LogP contribution in [0.1, 0.15) is 30.9 Å². The molecule has 1 aliphatic carbocycles. The summed E-state index contributed by atoms with van der Waals surface area (Å²) < 4.78 is 39.7. The lowest BCUT2D eigenvalue weighted by Crippen LogP contribution is -2.27. The van der Waals surface area contributed by atoms with Crippen molar-refractivity contribution in [3.05, 3.63) is 35.4 Å². The maximum absolute atomic E-state index is 13.2. The second kappa shape index (κ2) is 5.79. The van der Waals surface area contributed by atoms with Crippen molar-refractivity contribution >= 4 is 17.7 Å². The van der Waals surface area contributed by atoms with E-state index in [9.17, 15) is 18.0 Å². The summed E-state index contributed by atoms with van der Waals surface area (Å²) >= 11 is 0. The van der Waals surface area contributed by atoms with Crippen molar-refractivity contribution < 1.29 is 23.1 Å². The summed E-state index contributed by atoms with van der Waals surface area (Å²) in [6.45, 7) is 2.34. The highest BCUT2D eigenvalue weighted by atomic mass is 19.4. The van der Waals surface area contributed by atoms with Crippen LogP contribution in [0.15, 0.2) is 24.3 Å². The van der Waals surface area contributed by atoms with Crippen LogP contribution in [0.2, 0.25) is 0 Å². The second-order valence-electron chi connectivity index (χ2n) is 4.96. The molecule has 0 unspecified atom stereocenters. The lowest BCUT2D eigenvalue weighted by molar-refractivity contribution is -0.137. The molecule has 0 atom stereocenters. The van der Waals surface area contributed by atoms with Gasteiger partial charge in [-0.15, -0.1) is 0 Å². The molecule has 21 heavy (non-hydrogen) atoms. The highest BCUT2D eigenvalue weighted by molar-refractivity contribution is 5.85. The molecule has 3 nitrogen and oxygen atoms in total. The lowest BCUT2D eigenvalue weighted by atomic mass is 10.1. The van der Waals surface area contributed by atoms with Gasteiger partial charge in [0.2, 0.25) is 0 Å². The van der Waals surface area contributed by atoms with Gasteiger partial charge in [-0.3, -0.25) is 0 Å². The van der Waals surface area contributed by atoms with Gasteiger partial charge in [-0.2, -0.15) is 13.2 Å². The number of halogens is 3. The van der Waals surface area contributed by atoms with E-state index in [1.807, 2.05) is 6.92 Å². The number of carbonyl (C=O) groups is 1. The average Bonchev–Trinajstić information content (AvgIpc) is 3.21. The van der Waals surface area contributed by atoms with E-state index in [0.717, 1.165) is 31.1 Å². The van der Waals surface area contributed by atoms with Crippen molar-refractivity contribution in [1.82, 2.24) is 0 Å². The Morgan fingerprint density at radius 2 is 2.10 bits per heavy atom. The third-order valence-corrected chi connectivity index (χ3v) is 3.38. The molecule has 0 aliphatic heterocycles. The van der Waals surface area contributed by atoms with Gasteiger partial charge >= 0.3 is 12.1 Å². The Hall–Kier alpha value is -1.98. The zero-order valence-electron chi connectivity index (χ0n) is 11.5. The predicted molar refractivity (Wildman–Crippen MR) is 74.2 cm³/mol. The summed E-state index contributed by atoms with van der Waals surface area (Å²) in [5, 5.41) is 8.55. The van der Waals surface area contributed by atoms with Crippen molar-refractivity contribution in [3.63, 3.8) is 0 Å². The summed E-state index contributed by atoms with van der Waals surface area (Å²) in [4.78, 5) is 12.2. The molecule has 1 aliphatic rings. The minimum atomic E-state index is -4.47. The van der Waals surface area contributed by atoms with Crippen molar-refractivity contribution in [1.29, 1.82) is 0 Å². The fourth-order valence-electron chi connectivity index (χ4n) is 2.31. The highest BCUT2D eigenvalue weighted by Crippen LogP contribution is 2.41. The summed E-state index contributed by atoms with van der Waals surface area (Å²) in [6, 6.07) is 4.11. The molecule has 0 aromatic heterocycles. The first kappa shape index (κ1) is 15.4. The van der Waals surface area contributed by atoms with Gasteiger partial charge in [-0.25, -0.2) is 4.79 Å². The fourth-order valence-corrected chi connectivity index (χ4v) is 2.31. The van der Waals surface area contributed by atoms with E-state index in [1.54, 1.807) is 4.90 Å². The van der Waals surface area contributed by atoms with Crippen LogP contribution in [0.4, 0.5) is 18.9 Å². The van der Waals surface area contributed by atoms with Gasteiger partial charge in [0, 0.05) is 24.4 Å². The van der Waals surface area contributed by atoms with Gasteiger partial charge in [0.05, 0.1) is 5.56 Å². The Kier molecular flexibility index (Phi) is 4.25. The summed E-state index contributed by atoms with van der Waals surface area (Å²) in [7, 11) is 0. The largest absolute Gasteiger partial charge is 0.478 e. The average molecular weight is 299 g/mol. The van der Waals surface area contributed by atoms with Gasteiger partial charge < -0.3 is 10.0 Å². The molecule has 1 aromatic carbocycles. The fraction of sp³-hybridized carbons (Fsp3) is 0.400. The van der Waals surface area contributed by atoms with Gasteiger partial charge in [0.15, 0.2) is 0 Å². The Bertz CT molecular complexity index is 563. The molecular formula is C15H16F3NO2. The molecule has 1 N–H and O–H groups in total. The lowest BCUT2D eigenvalue weighted by Gasteiger charge is -2.26. The molecular weight excluding hydrogens is 283 g/mol. The van der Waals surface area contributed by atoms with Gasteiger partial charge in [0.1, 0.15) is 0 Å². The SMILES string of the molecule is CCN(c1ccc(/C=C/C(=O)O)cc1C(F)(F)F)C1CC1. The Morgan fingerprint density at radius 3 is 2.57 bits per heavy atom. The third-order valence-electron chi connectivity index (χ3n) is 3.38. The Balaban J connectivity index is 2.42. The van der Waals surface area contributed by atoms with E-state index < -0.39 is 17.7 Å². The topological polar surface area (TPSA) is 40.5 Å². The molecule has 2 rings (SSSR count). The first-order valence-corrected chi connectivity index (χ1v) is 6.72. The number of rotatable bonds is 5. The van der Waals surface area contributed by atoms with Crippen molar-refractivity contribution in [2.75, 3.05) is 11.4 Å². The third kappa shape index (κ3) is 3.77. The maximum atomic E-state index is 13.2. The number of anilines is 1. The van der Waals surface area contributed by atoms with Gasteiger partial charge in [-0.05, 0) is 43.5 Å². The highest BCUT2D eigenvalue weighted by Gasteiger charge is 2.38. The smallest absolute Gasteiger partial charge is 0.418 e. The molecule has 0 saturated heterocycles. The molecule has 1 aromatic rings. The maximum Gasteiger partial charge on any atom is 0.418 e. The molecule has 0 spiro atoms. The first-order valence-electron chi connectivity index (χ1n) is 6.72. The molecule has 6 heteroatoms. The zero-order chi connectivity index (χ0) is 15.6. The summed E-state index contributed by atoms with van der Waals surface area (Å²) in [5.74, 6) is -1.19. The number of aliphatic carboxylic acids is 1. The number of alkyl halides is 3. The zero-order valence-corrected chi connectivity index (χ0v) is 11.5. The molecule has 0 heterocycles. The standard InChI is InChI=1S/C15H16F3NO2/c1-2-19(11-5-6-11)13-7-3-10(4-8-14(20)21)9-12(13)15(16,17)18/h3-4,7-9,11H,2,5-6H2,1H3,(H,20,21)/b8-4+. The number of benzene rings is 1. The van der Waals surface area contributed by atoms with Crippen LogP contribution >= 0.6 is 0 Å². The molecule has 0 bridgehead atoms. The Morgan fingerprint density at radius 1 is 1.43 bits per heavy atom. The quantitative estimate of drug-likeness (QED) is 0.841. The van der Waals surface area contributed by atoms with E-state index >= 15 is 0 Å². The Labute approximate surface area is 120 Å². The molecule has 0 radical (unpaired) electrons. The number of hydrogen-bond acceptors (Lipinski definition) is 2.